The lowest BCUT2D eigenvalue weighted by Crippen LogP contribution is -2.25. The number of amidine groups is 1. The molecule has 0 spiro atoms. The fraction of sp³-hybridized carbons (Fsp3) is 0.417. The van der Waals surface area contributed by atoms with Gasteiger partial charge in [0.15, 0.2) is 5.84 Å². The number of hydrogen-bond donors (Lipinski definition) is 3. The minimum Gasteiger partial charge on any atom is -0.409 e. The van der Waals surface area contributed by atoms with Crippen molar-refractivity contribution in [2.75, 3.05) is 24.6 Å². The van der Waals surface area contributed by atoms with Gasteiger partial charge in [-0.2, -0.15) is 0 Å². The van der Waals surface area contributed by atoms with E-state index in [0.29, 0.717) is 12.1 Å². The van der Waals surface area contributed by atoms with E-state index in [2.05, 4.69) is 5.16 Å². The van der Waals surface area contributed by atoms with E-state index in [0.717, 1.165) is 18.7 Å². The molecule has 0 bridgehead atoms. The highest BCUT2D eigenvalue weighted by atomic mass is 19.1. The first kappa shape index (κ1) is 12.6. The summed E-state index contributed by atoms with van der Waals surface area (Å²) in [5.74, 6) is -0.328. The zero-order chi connectivity index (χ0) is 13.1. The van der Waals surface area contributed by atoms with Gasteiger partial charge in [0.05, 0.1) is 0 Å². The fourth-order valence-corrected chi connectivity index (χ4v) is 2.24. The summed E-state index contributed by atoms with van der Waals surface area (Å²) < 4.78 is 13.2. The van der Waals surface area contributed by atoms with Crippen LogP contribution in [0.4, 0.5) is 10.1 Å². The van der Waals surface area contributed by atoms with Crippen LogP contribution in [0.5, 0.6) is 0 Å². The first-order chi connectivity index (χ1) is 8.65. The van der Waals surface area contributed by atoms with Gasteiger partial charge >= 0.3 is 0 Å². The Bertz CT molecular complexity index is 465. The average molecular weight is 253 g/mol. The van der Waals surface area contributed by atoms with Gasteiger partial charge in [0, 0.05) is 36.9 Å². The van der Waals surface area contributed by atoms with Gasteiger partial charge in [-0.1, -0.05) is 5.16 Å². The number of nitrogens with zero attached hydrogens (tertiary/aromatic N) is 2. The molecule has 1 unspecified atom stereocenters. The van der Waals surface area contributed by atoms with Gasteiger partial charge in [-0.15, -0.1) is 0 Å². The fourth-order valence-electron chi connectivity index (χ4n) is 2.24. The van der Waals surface area contributed by atoms with E-state index in [1.807, 2.05) is 4.90 Å². The van der Waals surface area contributed by atoms with E-state index in [9.17, 15) is 4.39 Å². The Kier molecular flexibility index (Phi) is 3.66. The Balaban J connectivity index is 2.33. The maximum absolute atomic E-state index is 13.2. The summed E-state index contributed by atoms with van der Waals surface area (Å²) >= 11 is 0. The summed E-state index contributed by atoms with van der Waals surface area (Å²) in [7, 11) is 0. The molecular weight excluding hydrogens is 237 g/mol. The van der Waals surface area contributed by atoms with Gasteiger partial charge in [-0.05, 0) is 24.6 Å². The van der Waals surface area contributed by atoms with E-state index < -0.39 is 5.82 Å². The first-order valence-corrected chi connectivity index (χ1v) is 5.79. The second kappa shape index (κ2) is 5.22. The van der Waals surface area contributed by atoms with Crippen LogP contribution in [0.2, 0.25) is 0 Å². The zero-order valence-electron chi connectivity index (χ0n) is 9.88. The number of rotatable bonds is 3. The van der Waals surface area contributed by atoms with Gasteiger partial charge in [0.1, 0.15) is 5.82 Å². The molecule has 1 aromatic carbocycles. The van der Waals surface area contributed by atoms with Crippen molar-refractivity contribution >= 4 is 11.5 Å². The molecule has 1 aliphatic rings. The molecule has 4 N–H and O–H groups in total. The number of aliphatic hydroxyl groups excluding tert-OH is 1. The van der Waals surface area contributed by atoms with Gasteiger partial charge in [-0.3, -0.25) is 0 Å². The quantitative estimate of drug-likeness (QED) is 0.321. The minimum absolute atomic E-state index is 0.114. The number of nitrogens with two attached hydrogens (primary N) is 1. The molecule has 6 heteroatoms. The SMILES string of the molecule is N/C(=N/O)c1cc(F)ccc1N1CCC(CO)C1. The van der Waals surface area contributed by atoms with Crippen LogP contribution in [0.15, 0.2) is 23.4 Å². The lowest BCUT2D eigenvalue weighted by molar-refractivity contribution is 0.238. The number of oxime groups is 1. The standard InChI is InChI=1S/C12H16FN3O2/c13-9-1-2-11(10(5-9)12(14)15-18)16-4-3-8(6-16)7-17/h1-2,5,8,17-18H,3-4,6-7H2,(H2,14,15). The lowest BCUT2D eigenvalue weighted by Gasteiger charge is -2.21. The van der Waals surface area contributed by atoms with Crippen LogP contribution in [-0.2, 0) is 0 Å². The largest absolute Gasteiger partial charge is 0.409 e. The molecule has 0 aromatic heterocycles. The maximum Gasteiger partial charge on any atom is 0.172 e. The summed E-state index contributed by atoms with van der Waals surface area (Å²) in [6, 6.07) is 4.20. The second-order valence-electron chi connectivity index (χ2n) is 4.43. The number of anilines is 1. The van der Waals surface area contributed by atoms with Crippen molar-refractivity contribution in [2.24, 2.45) is 16.8 Å². The topological polar surface area (TPSA) is 82.1 Å². The molecule has 18 heavy (non-hydrogen) atoms. The summed E-state index contributed by atoms with van der Waals surface area (Å²) in [5.41, 5.74) is 6.65. The van der Waals surface area contributed by atoms with Crippen LogP contribution in [-0.4, -0.2) is 35.8 Å². The summed E-state index contributed by atoms with van der Waals surface area (Å²) in [6.45, 7) is 1.59. The molecule has 1 aliphatic heterocycles. The molecule has 0 saturated carbocycles. The number of hydrogen-bond acceptors (Lipinski definition) is 4. The molecule has 2 rings (SSSR count). The third-order valence-electron chi connectivity index (χ3n) is 3.23. The lowest BCUT2D eigenvalue weighted by atomic mass is 10.1. The zero-order valence-corrected chi connectivity index (χ0v) is 9.88. The van der Waals surface area contributed by atoms with Crippen LogP contribution in [0.3, 0.4) is 0 Å². The van der Waals surface area contributed by atoms with Crippen LogP contribution >= 0.6 is 0 Å². The summed E-state index contributed by atoms with van der Waals surface area (Å²) in [6.07, 6.45) is 0.878. The highest BCUT2D eigenvalue weighted by molar-refractivity contribution is 6.02. The third-order valence-corrected chi connectivity index (χ3v) is 3.23. The van der Waals surface area contributed by atoms with E-state index >= 15 is 0 Å². The van der Waals surface area contributed by atoms with E-state index in [4.69, 9.17) is 16.0 Å². The Morgan fingerprint density at radius 1 is 1.56 bits per heavy atom. The highest BCUT2D eigenvalue weighted by Gasteiger charge is 2.24. The maximum atomic E-state index is 13.2. The van der Waals surface area contributed by atoms with Crippen molar-refractivity contribution in [3.8, 4) is 0 Å². The second-order valence-corrected chi connectivity index (χ2v) is 4.43. The molecule has 1 heterocycles. The summed E-state index contributed by atoms with van der Waals surface area (Å²) in [5, 5.41) is 20.8. The molecule has 0 aliphatic carbocycles. The van der Waals surface area contributed by atoms with Crippen LogP contribution < -0.4 is 10.6 Å². The number of aliphatic hydroxyl groups is 1. The minimum atomic E-state index is -0.432. The van der Waals surface area contributed by atoms with Crippen LogP contribution in [0.1, 0.15) is 12.0 Å². The molecule has 1 aromatic rings. The van der Waals surface area contributed by atoms with Crippen molar-refractivity contribution < 1.29 is 14.7 Å². The van der Waals surface area contributed by atoms with Gasteiger partial charge in [-0.25, -0.2) is 4.39 Å². The van der Waals surface area contributed by atoms with E-state index in [1.54, 1.807) is 6.07 Å². The predicted octanol–water partition coefficient (Wildman–Crippen LogP) is 0.739. The molecule has 1 fully saturated rings. The molecule has 1 atom stereocenters. The van der Waals surface area contributed by atoms with Crippen LogP contribution in [0, 0.1) is 11.7 Å². The molecule has 5 nitrogen and oxygen atoms in total. The molecule has 98 valence electrons. The Hall–Kier alpha value is -1.82. The van der Waals surface area contributed by atoms with Crippen molar-refractivity contribution in [3.05, 3.63) is 29.6 Å². The molecule has 0 radical (unpaired) electrons. The Morgan fingerprint density at radius 2 is 2.33 bits per heavy atom. The monoisotopic (exact) mass is 253 g/mol. The summed E-state index contributed by atoms with van der Waals surface area (Å²) in [4.78, 5) is 2.01. The predicted molar refractivity (Wildman–Crippen MR) is 66.3 cm³/mol. The van der Waals surface area contributed by atoms with Crippen molar-refractivity contribution in [1.82, 2.24) is 0 Å². The molecular formula is C12H16FN3O2. The van der Waals surface area contributed by atoms with Gasteiger partial charge < -0.3 is 20.9 Å². The number of benzene rings is 1. The molecule has 0 amide bonds. The Labute approximate surface area is 104 Å². The Morgan fingerprint density at radius 3 is 2.94 bits per heavy atom. The van der Waals surface area contributed by atoms with E-state index in [-0.39, 0.29) is 18.4 Å². The number of halogens is 1. The third kappa shape index (κ3) is 2.38. The normalized spacial score (nSPS) is 20.4. The van der Waals surface area contributed by atoms with Crippen molar-refractivity contribution in [3.63, 3.8) is 0 Å². The average Bonchev–Trinajstić information content (AvgIpc) is 2.86. The van der Waals surface area contributed by atoms with Crippen LogP contribution in [0.25, 0.3) is 0 Å². The first-order valence-electron chi connectivity index (χ1n) is 5.79. The highest BCUT2D eigenvalue weighted by Crippen LogP contribution is 2.27. The smallest absolute Gasteiger partial charge is 0.172 e. The van der Waals surface area contributed by atoms with Gasteiger partial charge in [0.2, 0.25) is 0 Å². The van der Waals surface area contributed by atoms with E-state index in [1.165, 1.54) is 12.1 Å². The molecule has 1 saturated heterocycles. The van der Waals surface area contributed by atoms with Crippen molar-refractivity contribution in [2.45, 2.75) is 6.42 Å². The van der Waals surface area contributed by atoms with Crippen molar-refractivity contribution in [1.29, 1.82) is 0 Å². The van der Waals surface area contributed by atoms with Gasteiger partial charge in [0.25, 0.3) is 0 Å².